The average Bonchev–Trinajstić information content (AvgIpc) is 2.87. The summed E-state index contributed by atoms with van der Waals surface area (Å²) in [4.78, 5) is 13.8. The number of amides is 1. The first-order chi connectivity index (χ1) is 7.63. The maximum atomic E-state index is 12.1. The quantitative estimate of drug-likeness (QED) is 0.759. The molecule has 0 aliphatic carbocycles. The number of ether oxygens (including phenoxy) is 1. The van der Waals surface area contributed by atoms with Crippen LogP contribution in [0.1, 0.15) is 16.8 Å². The summed E-state index contributed by atoms with van der Waals surface area (Å²) in [5.74, 6) is 0.344. The minimum atomic E-state index is -0.0647. The van der Waals surface area contributed by atoms with Crippen molar-refractivity contribution in [2.75, 3.05) is 25.9 Å². The lowest BCUT2D eigenvalue weighted by Gasteiger charge is -2.15. The standard InChI is InChI=1S/C10H16N4O2/c1-13-9(11)8(5-12-13)10(15)14-4-3-7(6-14)16-2/h5,7H,3-4,6,11H2,1-2H3. The van der Waals surface area contributed by atoms with E-state index in [0.717, 1.165) is 6.42 Å². The molecule has 1 fully saturated rings. The summed E-state index contributed by atoms with van der Waals surface area (Å²) in [5.41, 5.74) is 6.23. The highest BCUT2D eigenvalue weighted by atomic mass is 16.5. The molecular formula is C10H16N4O2. The highest BCUT2D eigenvalue weighted by molar-refractivity contribution is 5.98. The van der Waals surface area contributed by atoms with Crippen molar-refractivity contribution < 1.29 is 9.53 Å². The van der Waals surface area contributed by atoms with Gasteiger partial charge in [-0.25, -0.2) is 0 Å². The van der Waals surface area contributed by atoms with E-state index < -0.39 is 0 Å². The molecule has 0 spiro atoms. The molecule has 0 radical (unpaired) electrons. The second kappa shape index (κ2) is 4.13. The van der Waals surface area contributed by atoms with Crippen LogP contribution in [0.25, 0.3) is 0 Å². The summed E-state index contributed by atoms with van der Waals surface area (Å²) in [6.07, 6.45) is 2.53. The lowest BCUT2D eigenvalue weighted by Crippen LogP contribution is -2.30. The first kappa shape index (κ1) is 10.9. The van der Waals surface area contributed by atoms with E-state index in [-0.39, 0.29) is 12.0 Å². The van der Waals surface area contributed by atoms with Crippen LogP contribution in [0.15, 0.2) is 6.20 Å². The number of hydrogen-bond acceptors (Lipinski definition) is 4. The Kier molecular flexibility index (Phi) is 2.82. The summed E-state index contributed by atoms with van der Waals surface area (Å²) in [5, 5.41) is 3.96. The van der Waals surface area contributed by atoms with Crippen molar-refractivity contribution in [3.8, 4) is 0 Å². The second-order valence-electron chi connectivity index (χ2n) is 3.96. The fourth-order valence-corrected chi connectivity index (χ4v) is 1.89. The first-order valence-corrected chi connectivity index (χ1v) is 5.23. The number of carbonyl (C=O) groups excluding carboxylic acids is 1. The molecule has 0 bridgehead atoms. The van der Waals surface area contributed by atoms with Crippen molar-refractivity contribution >= 4 is 11.7 Å². The van der Waals surface area contributed by atoms with Crippen molar-refractivity contribution in [2.45, 2.75) is 12.5 Å². The molecule has 1 aliphatic rings. The number of nitrogens with zero attached hydrogens (tertiary/aromatic N) is 3. The normalized spacial score (nSPS) is 20.4. The van der Waals surface area contributed by atoms with E-state index in [1.165, 1.54) is 10.9 Å². The third-order valence-corrected chi connectivity index (χ3v) is 2.98. The Labute approximate surface area is 94.0 Å². The molecule has 16 heavy (non-hydrogen) atoms. The van der Waals surface area contributed by atoms with E-state index in [1.54, 1.807) is 19.1 Å². The number of nitrogens with two attached hydrogens (primary N) is 1. The van der Waals surface area contributed by atoms with Gasteiger partial charge in [-0.2, -0.15) is 5.10 Å². The number of methoxy groups -OCH3 is 1. The van der Waals surface area contributed by atoms with Crippen LogP contribution in [0.3, 0.4) is 0 Å². The van der Waals surface area contributed by atoms with Gasteiger partial charge in [0.25, 0.3) is 5.91 Å². The molecule has 2 rings (SSSR count). The van der Waals surface area contributed by atoms with Crippen molar-refractivity contribution in [1.29, 1.82) is 0 Å². The van der Waals surface area contributed by atoms with Crippen LogP contribution in [-0.2, 0) is 11.8 Å². The minimum absolute atomic E-state index is 0.0647. The number of aromatic nitrogens is 2. The van der Waals surface area contributed by atoms with Crippen LogP contribution in [0, 0.1) is 0 Å². The van der Waals surface area contributed by atoms with Gasteiger partial charge in [-0.05, 0) is 6.42 Å². The molecule has 2 N–H and O–H groups in total. The van der Waals surface area contributed by atoms with Crippen molar-refractivity contribution in [3.05, 3.63) is 11.8 Å². The number of rotatable bonds is 2. The zero-order valence-corrected chi connectivity index (χ0v) is 9.51. The monoisotopic (exact) mass is 224 g/mol. The van der Waals surface area contributed by atoms with Crippen LogP contribution >= 0.6 is 0 Å². The predicted molar refractivity (Wildman–Crippen MR) is 58.9 cm³/mol. The first-order valence-electron chi connectivity index (χ1n) is 5.23. The topological polar surface area (TPSA) is 73.4 Å². The van der Waals surface area contributed by atoms with E-state index in [4.69, 9.17) is 10.5 Å². The number of nitrogen functional groups attached to an aromatic ring is 1. The third kappa shape index (κ3) is 1.76. The molecule has 0 aromatic carbocycles. The van der Waals surface area contributed by atoms with Gasteiger partial charge in [0.15, 0.2) is 0 Å². The maximum absolute atomic E-state index is 12.1. The van der Waals surface area contributed by atoms with Crippen LogP contribution in [0.2, 0.25) is 0 Å². The Morgan fingerprint density at radius 1 is 1.69 bits per heavy atom. The summed E-state index contributed by atoms with van der Waals surface area (Å²) >= 11 is 0. The summed E-state index contributed by atoms with van der Waals surface area (Å²) in [6.45, 7) is 1.34. The molecule has 1 aliphatic heterocycles. The molecular weight excluding hydrogens is 208 g/mol. The Bertz CT molecular complexity index is 402. The predicted octanol–water partition coefficient (Wildman–Crippen LogP) is -0.137. The smallest absolute Gasteiger partial charge is 0.259 e. The molecule has 1 amide bonds. The van der Waals surface area contributed by atoms with E-state index in [1.807, 2.05) is 0 Å². The molecule has 1 unspecified atom stereocenters. The van der Waals surface area contributed by atoms with Gasteiger partial charge in [-0.1, -0.05) is 0 Å². The zero-order chi connectivity index (χ0) is 11.7. The fraction of sp³-hybridized carbons (Fsp3) is 0.600. The second-order valence-corrected chi connectivity index (χ2v) is 3.96. The molecule has 6 heteroatoms. The summed E-state index contributed by atoms with van der Waals surface area (Å²) in [7, 11) is 3.38. The number of carbonyl (C=O) groups is 1. The van der Waals surface area contributed by atoms with Gasteiger partial charge in [0.05, 0.1) is 12.3 Å². The van der Waals surface area contributed by atoms with Crippen molar-refractivity contribution in [1.82, 2.24) is 14.7 Å². The molecule has 1 aromatic heterocycles. The van der Waals surface area contributed by atoms with Crippen LogP contribution < -0.4 is 5.73 Å². The van der Waals surface area contributed by atoms with Gasteiger partial charge >= 0.3 is 0 Å². The molecule has 2 heterocycles. The van der Waals surface area contributed by atoms with Gasteiger partial charge in [-0.3, -0.25) is 9.48 Å². The maximum Gasteiger partial charge on any atom is 0.259 e. The summed E-state index contributed by atoms with van der Waals surface area (Å²) in [6, 6.07) is 0. The Balaban J connectivity index is 2.12. The largest absolute Gasteiger partial charge is 0.383 e. The highest BCUT2D eigenvalue weighted by Crippen LogP contribution is 2.18. The van der Waals surface area contributed by atoms with E-state index in [9.17, 15) is 4.79 Å². The van der Waals surface area contributed by atoms with Crippen molar-refractivity contribution in [2.24, 2.45) is 7.05 Å². The average molecular weight is 224 g/mol. The van der Waals surface area contributed by atoms with Crippen molar-refractivity contribution in [3.63, 3.8) is 0 Å². The van der Waals surface area contributed by atoms with Gasteiger partial charge in [-0.15, -0.1) is 0 Å². The lowest BCUT2D eigenvalue weighted by atomic mass is 10.3. The number of anilines is 1. The van der Waals surface area contributed by atoms with Gasteiger partial charge in [0.1, 0.15) is 11.4 Å². The van der Waals surface area contributed by atoms with Gasteiger partial charge < -0.3 is 15.4 Å². The highest BCUT2D eigenvalue weighted by Gasteiger charge is 2.28. The number of hydrogen-bond donors (Lipinski definition) is 1. The van der Waals surface area contributed by atoms with E-state index in [0.29, 0.717) is 24.5 Å². The van der Waals surface area contributed by atoms with E-state index >= 15 is 0 Å². The summed E-state index contributed by atoms with van der Waals surface area (Å²) < 4.78 is 6.71. The Morgan fingerprint density at radius 3 is 2.94 bits per heavy atom. The molecule has 1 aromatic rings. The lowest BCUT2D eigenvalue weighted by molar-refractivity contribution is 0.0725. The Morgan fingerprint density at radius 2 is 2.44 bits per heavy atom. The van der Waals surface area contributed by atoms with Crippen LogP contribution in [0.5, 0.6) is 0 Å². The van der Waals surface area contributed by atoms with Gasteiger partial charge in [0.2, 0.25) is 0 Å². The molecule has 0 saturated carbocycles. The minimum Gasteiger partial charge on any atom is -0.383 e. The fourth-order valence-electron chi connectivity index (χ4n) is 1.89. The SMILES string of the molecule is COC1CCN(C(=O)c2cnn(C)c2N)C1. The van der Waals surface area contributed by atoms with Crippen LogP contribution in [0.4, 0.5) is 5.82 Å². The number of aryl methyl sites for hydroxylation is 1. The molecule has 6 nitrogen and oxygen atoms in total. The Hall–Kier alpha value is -1.56. The van der Waals surface area contributed by atoms with Crippen LogP contribution in [-0.4, -0.2) is 46.9 Å². The molecule has 88 valence electrons. The molecule has 1 atom stereocenters. The van der Waals surface area contributed by atoms with Gasteiger partial charge in [0, 0.05) is 27.2 Å². The molecule has 1 saturated heterocycles. The number of likely N-dealkylation sites (tertiary alicyclic amines) is 1. The zero-order valence-electron chi connectivity index (χ0n) is 9.51. The third-order valence-electron chi connectivity index (χ3n) is 2.98. The van der Waals surface area contributed by atoms with E-state index in [2.05, 4.69) is 5.10 Å².